The molecule has 0 saturated heterocycles. The molecule has 1 aromatic rings. The lowest BCUT2D eigenvalue weighted by Gasteiger charge is -2.10. The molecule has 0 aliphatic heterocycles. The van der Waals surface area contributed by atoms with Crippen LogP contribution in [0.15, 0.2) is 29.2 Å². The van der Waals surface area contributed by atoms with Crippen molar-refractivity contribution in [2.45, 2.75) is 30.0 Å². The van der Waals surface area contributed by atoms with E-state index in [-0.39, 0.29) is 11.1 Å². The van der Waals surface area contributed by atoms with Crippen LogP contribution in [-0.2, 0) is 14.6 Å². The Morgan fingerprint density at radius 2 is 1.95 bits per heavy atom. The SMILES string of the molecule is CCCS(=O)(=O)c1ccc(NCCC(Cl)COC)cc1. The van der Waals surface area contributed by atoms with E-state index in [0.717, 1.165) is 18.7 Å². The van der Waals surface area contributed by atoms with Crippen LogP contribution in [0.4, 0.5) is 5.69 Å². The van der Waals surface area contributed by atoms with Crippen LogP contribution in [-0.4, -0.2) is 39.8 Å². The van der Waals surface area contributed by atoms with Gasteiger partial charge in [-0.15, -0.1) is 11.6 Å². The van der Waals surface area contributed by atoms with Crippen molar-refractivity contribution in [2.24, 2.45) is 0 Å². The molecule has 1 unspecified atom stereocenters. The predicted molar refractivity (Wildman–Crippen MR) is 83.4 cm³/mol. The molecular weight excluding hydrogens is 298 g/mol. The number of benzene rings is 1. The van der Waals surface area contributed by atoms with Crippen molar-refractivity contribution in [2.75, 3.05) is 31.3 Å². The molecule has 6 heteroatoms. The van der Waals surface area contributed by atoms with Crippen molar-refractivity contribution < 1.29 is 13.2 Å². The zero-order chi connectivity index (χ0) is 15.0. The minimum Gasteiger partial charge on any atom is -0.385 e. The van der Waals surface area contributed by atoms with Crippen LogP contribution in [0.3, 0.4) is 0 Å². The monoisotopic (exact) mass is 319 g/mol. The Balaban J connectivity index is 2.51. The van der Waals surface area contributed by atoms with E-state index in [2.05, 4.69) is 5.32 Å². The van der Waals surface area contributed by atoms with Crippen LogP contribution in [0.5, 0.6) is 0 Å². The van der Waals surface area contributed by atoms with Gasteiger partial charge in [0.15, 0.2) is 9.84 Å². The van der Waals surface area contributed by atoms with Crippen LogP contribution in [0.1, 0.15) is 19.8 Å². The van der Waals surface area contributed by atoms with Gasteiger partial charge >= 0.3 is 0 Å². The predicted octanol–water partition coefficient (Wildman–Crippen LogP) is 2.93. The third-order valence-corrected chi connectivity index (χ3v) is 5.10. The van der Waals surface area contributed by atoms with Gasteiger partial charge < -0.3 is 10.1 Å². The third kappa shape index (κ3) is 5.69. The van der Waals surface area contributed by atoms with Crippen molar-refractivity contribution in [3.63, 3.8) is 0 Å². The molecule has 1 aromatic carbocycles. The van der Waals surface area contributed by atoms with Crippen molar-refractivity contribution in [1.82, 2.24) is 0 Å². The van der Waals surface area contributed by atoms with E-state index in [1.807, 2.05) is 6.92 Å². The summed E-state index contributed by atoms with van der Waals surface area (Å²) in [4.78, 5) is 0.375. The van der Waals surface area contributed by atoms with E-state index < -0.39 is 9.84 Å². The third-order valence-electron chi connectivity index (χ3n) is 2.82. The second-order valence-corrected chi connectivity index (χ2v) is 7.34. The standard InChI is InChI=1S/C14H22ClNO3S/c1-3-10-20(17,18)14-6-4-13(5-7-14)16-9-8-12(15)11-19-2/h4-7,12,16H,3,8-11H2,1-2H3. The number of anilines is 1. The normalized spacial score (nSPS) is 13.2. The molecule has 0 aliphatic carbocycles. The Bertz CT molecular complexity index is 488. The Kier molecular flexibility index (Phi) is 7.34. The minimum absolute atomic E-state index is 0.0169. The molecule has 1 N–H and O–H groups in total. The molecule has 1 atom stereocenters. The van der Waals surface area contributed by atoms with Gasteiger partial charge in [0.25, 0.3) is 0 Å². The molecule has 0 saturated carbocycles. The van der Waals surface area contributed by atoms with Gasteiger partial charge in [-0.1, -0.05) is 6.92 Å². The molecule has 0 bridgehead atoms. The number of alkyl halides is 1. The van der Waals surface area contributed by atoms with Crippen LogP contribution in [0.25, 0.3) is 0 Å². The topological polar surface area (TPSA) is 55.4 Å². The first kappa shape index (κ1) is 17.3. The summed E-state index contributed by atoms with van der Waals surface area (Å²) in [5.41, 5.74) is 0.890. The molecule has 0 amide bonds. The number of nitrogens with one attached hydrogen (secondary N) is 1. The molecule has 0 heterocycles. The number of sulfone groups is 1. The molecule has 0 fully saturated rings. The van der Waals surface area contributed by atoms with Crippen LogP contribution >= 0.6 is 11.6 Å². The highest BCUT2D eigenvalue weighted by molar-refractivity contribution is 7.91. The first-order valence-corrected chi connectivity index (χ1v) is 8.78. The Morgan fingerprint density at radius 3 is 2.50 bits per heavy atom. The molecular formula is C14H22ClNO3S. The van der Waals surface area contributed by atoms with Gasteiger partial charge in [-0.25, -0.2) is 8.42 Å². The molecule has 114 valence electrons. The fraction of sp³-hybridized carbons (Fsp3) is 0.571. The molecule has 0 aliphatic rings. The molecule has 4 nitrogen and oxygen atoms in total. The van der Waals surface area contributed by atoms with E-state index in [0.29, 0.717) is 17.9 Å². The van der Waals surface area contributed by atoms with Crippen LogP contribution in [0.2, 0.25) is 0 Å². The van der Waals surface area contributed by atoms with E-state index in [1.165, 1.54) is 0 Å². The fourth-order valence-corrected chi connectivity index (χ4v) is 3.36. The van der Waals surface area contributed by atoms with Crippen molar-refractivity contribution >= 4 is 27.1 Å². The highest BCUT2D eigenvalue weighted by Gasteiger charge is 2.12. The smallest absolute Gasteiger partial charge is 0.178 e. The van der Waals surface area contributed by atoms with Crippen molar-refractivity contribution in [3.05, 3.63) is 24.3 Å². The first-order valence-electron chi connectivity index (χ1n) is 6.69. The lowest BCUT2D eigenvalue weighted by Crippen LogP contribution is -2.13. The number of hydrogen-bond acceptors (Lipinski definition) is 4. The summed E-state index contributed by atoms with van der Waals surface area (Å²) in [5, 5.41) is 3.19. The Hall–Kier alpha value is -0.780. The van der Waals surface area contributed by atoms with E-state index in [4.69, 9.17) is 16.3 Å². The quantitative estimate of drug-likeness (QED) is 0.711. The highest BCUT2D eigenvalue weighted by Crippen LogP contribution is 2.16. The average Bonchev–Trinajstić information content (AvgIpc) is 2.39. The van der Waals surface area contributed by atoms with Gasteiger partial charge in [-0.05, 0) is 37.1 Å². The number of halogens is 1. The molecule has 20 heavy (non-hydrogen) atoms. The molecule has 0 radical (unpaired) electrons. The summed E-state index contributed by atoms with van der Waals surface area (Å²) in [6.07, 6.45) is 1.41. The Labute approximate surface area is 126 Å². The van der Waals surface area contributed by atoms with Gasteiger partial charge in [0, 0.05) is 19.3 Å². The number of hydrogen-bond donors (Lipinski definition) is 1. The van der Waals surface area contributed by atoms with Crippen LogP contribution in [0, 0.1) is 0 Å². The minimum atomic E-state index is -3.13. The molecule has 0 spiro atoms. The number of methoxy groups -OCH3 is 1. The first-order chi connectivity index (χ1) is 9.49. The summed E-state index contributed by atoms with van der Waals surface area (Å²) in [6.45, 7) is 3.10. The summed E-state index contributed by atoms with van der Waals surface area (Å²) in [5.74, 6) is 0.185. The van der Waals surface area contributed by atoms with Crippen molar-refractivity contribution in [3.8, 4) is 0 Å². The maximum absolute atomic E-state index is 11.9. The Morgan fingerprint density at radius 1 is 1.30 bits per heavy atom. The maximum atomic E-state index is 11.9. The largest absolute Gasteiger partial charge is 0.385 e. The van der Waals surface area contributed by atoms with Gasteiger partial charge in [-0.3, -0.25) is 0 Å². The lowest BCUT2D eigenvalue weighted by molar-refractivity contribution is 0.196. The fourth-order valence-electron chi connectivity index (χ4n) is 1.80. The van der Waals surface area contributed by atoms with Gasteiger partial charge in [0.05, 0.1) is 22.6 Å². The second kappa shape index (κ2) is 8.49. The zero-order valence-electron chi connectivity index (χ0n) is 11.9. The summed E-state index contributed by atoms with van der Waals surface area (Å²) in [6, 6.07) is 6.84. The highest BCUT2D eigenvalue weighted by atomic mass is 35.5. The summed E-state index contributed by atoms with van der Waals surface area (Å²) >= 11 is 6.02. The molecule has 0 aromatic heterocycles. The number of rotatable bonds is 9. The van der Waals surface area contributed by atoms with E-state index in [9.17, 15) is 8.42 Å². The van der Waals surface area contributed by atoms with E-state index in [1.54, 1.807) is 31.4 Å². The number of ether oxygens (including phenoxy) is 1. The maximum Gasteiger partial charge on any atom is 0.178 e. The molecule has 1 rings (SSSR count). The van der Waals surface area contributed by atoms with E-state index >= 15 is 0 Å². The lowest BCUT2D eigenvalue weighted by atomic mass is 10.3. The average molecular weight is 320 g/mol. The van der Waals surface area contributed by atoms with Crippen LogP contribution < -0.4 is 5.32 Å². The second-order valence-electron chi connectivity index (χ2n) is 4.61. The van der Waals surface area contributed by atoms with Gasteiger partial charge in [0.1, 0.15) is 0 Å². The van der Waals surface area contributed by atoms with Gasteiger partial charge in [0.2, 0.25) is 0 Å². The zero-order valence-corrected chi connectivity index (χ0v) is 13.5. The van der Waals surface area contributed by atoms with Crippen molar-refractivity contribution in [1.29, 1.82) is 0 Å². The summed E-state index contributed by atoms with van der Waals surface area (Å²) in [7, 11) is -1.51. The van der Waals surface area contributed by atoms with Gasteiger partial charge in [-0.2, -0.15) is 0 Å². The summed E-state index contributed by atoms with van der Waals surface area (Å²) < 4.78 is 28.7.